The second-order valence-electron chi connectivity index (χ2n) is 5.93. The Morgan fingerprint density at radius 3 is 3.18 bits per heavy atom. The second-order valence-corrected chi connectivity index (χ2v) is 5.93. The molecule has 22 heavy (non-hydrogen) atoms. The lowest BCUT2D eigenvalue weighted by Crippen LogP contribution is -2.32. The molecule has 1 atom stereocenters. The Hall–Kier alpha value is -2.17. The summed E-state index contributed by atoms with van der Waals surface area (Å²) in [5.74, 6) is 0.357. The van der Waals surface area contributed by atoms with E-state index >= 15 is 0 Å². The van der Waals surface area contributed by atoms with Crippen LogP contribution in [0.25, 0.3) is 5.65 Å². The first-order valence-corrected chi connectivity index (χ1v) is 7.96. The van der Waals surface area contributed by atoms with Gasteiger partial charge in [-0.15, -0.1) is 0 Å². The van der Waals surface area contributed by atoms with Crippen molar-refractivity contribution in [3.63, 3.8) is 0 Å². The molecule has 2 aromatic rings. The van der Waals surface area contributed by atoms with Gasteiger partial charge in [-0.3, -0.25) is 4.79 Å². The zero-order valence-electron chi connectivity index (χ0n) is 13.0. The highest BCUT2D eigenvalue weighted by Gasteiger charge is 2.17. The summed E-state index contributed by atoms with van der Waals surface area (Å²) in [5, 5.41) is 7.42. The fourth-order valence-electron chi connectivity index (χ4n) is 2.84. The van der Waals surface area contributed by atoms with Crippen molar-refractivity contribution in [2.75, 3.05) is 6.54 Å². The van der Waals surface area contributed by atoms with E-state index in [1.807, 2.05) is 29.9 Å². The topological polar surface area (TPSA) is 59.3 Å². The standard InChI is InChI=1S/C17H22N4O/c1-13-10-16-19-11-14(12-21(16)20-13)6-5-9-18-17(22)15-7-3-2-4-8-15/h2-3,10-12,15H,4-9H2,1H3,(H,18,22)/t15-/m0/s1. The Kier molecular flexibility index (Phi) is 4.51. The molecule has 0 fully saturated rings. The molecule has 116 valence electrons. The predicted octanol–water partition coefficient (Wildman–Crippen LogP) is 2.44. The third-order valence-corrected chi connectivity index (χ3v) is 4.07. The number of hydrogen-bond donors (Lipinski definition) is 1. The molecule has 2 aromatic heterocycles. The van der Waals surface area contributed by atoms with Crippen LogP contribution in [0.5, 0.6) is 0 Å². The summed E-state index contributed by atoms with van der Waals surface area (Å²) >= 11 is 0. The summed E-state index contributed by atoms with van der Waals surface area (Å²) in [6, 6.07) is 1.96. The molecule has 1 N–H and O–H groups in total. The zero-order valence-corrected chi connectivity index (χ0v) is 13.0. The summed E-state index contributed by atoms with van der Waals surface area (Å²) in [5.41, 5.74) is 2.99. The van der Waals surface area contributed by atoms with E-state index in [4.69, 9.17) is 0 Å². The number of nitrogens with one attached hydrogen (secondary N) is 1. The lowest BCUT2D eigenvalue weighted by Gasteiger charge is -2.17. The maximum Gasteiger partial charge on any atom is 0.223 e. The minimum atomic E-state index is 0.162. The minimum Gasteiger partial charge on any atom is -0.356 e. The molecular formula is C17H22N4O. The molecule has 5 nitrogen and oxygen atoms in total. The van der Waals surface area contributed by atoms with Crippen LogP contribution in [0.1, 0.15) is 36.9 Å². The predicted molar refractivity (Wildman–Crippen MR) is 85.5 cm³/mol. The fraction of sp³-hybridized carbons (Fsp3) is 0.471. The van der Waals surface area contributed by atoms with E-state index in [9.17, 15) is 4.79 Å². The normalized spacial score (nSPS) is 17.8. The molecule has 0 saturated carbocycles. The first-order valence-electron chi connectivity index (χ1n) is 7.96. The number of carbonyl (C=O) groups is 1. The highest BCUT2D eigenvalue weighted by atomic mass is 16.1. The number of aromatic nitrogens is 3. The first-order chi connectivity index (χ1) is 10.7. The largest absolute Gasteiger partial charge is 0.356 e. The summed E-state index contributed by atoms with van der Waals surface area (Å²) in [6.07, 6.45) is 12.9. The fourth-order valence-corrected chi connectivity index (χ4v) is 2.84. The van der Waals surface area contributed by atoms with Crippen molar-refractivity contribution in [3.8, 4) is 0 Å². The third kappa shape index (κ3) is 3.53. The monoisotopic (exact) mass is 298 g/mol. The van der Waals surface area contributed by atoms with Crippen molar-refractivity contribution < 1.29 is 4.79 Å². The van der Waals surface area contributed by atoms with Gasteiger partial charge in [0.05, 0.1) is 5.69 Å². The molecular weight excluding hydrogens is 276 g/mol. The molecule has 1 aliphatic carbocycles. The number of hydrogen-bond acceptors (Lipinski definition) is 3. The van der Waals surface area contributed by atoms with Gasteiger partial charge < -0.3 is 5.32 Å². The van der Waals surface area contributed by atoms with E-state index in [1.54, 1.807) is 0 Å². The molecule has 0 unspecified atom stereocenters. The lowest BCUT2D eigenvalue weighted by atomic mass is 9.94. The molecule has 3 rings (SSSR count). The maximum atomic E-state index is 12.0. The van der Waals surface area contributed by atoms with Crippen LogP contribution < -0.4 is 5.32 Å². The third-order valence-electron chi connectivity index (χ3n) is 4.07. The molecule has 0 aliphatic heterocycles. The Balaban J connectivity index is 1.45. The molecule has 0 spiro atoms. The summed E-state index contributed by atoms with van der Waals surface area (Å²) < 4.78 is 1.82. The zero-order chi connectivity index (χ0) is 15.4. The average molecular weight is 298 g/mol. The molecule has 2 heterocycles. The van der Waals surface area contributed by atoms with Crippen LogP contribution in [0, 0.1) is 12.8 Å². The maximum absolute atomic E-state index is 12.0. The van der Waals surface area contributed by atoms with Crippen molar-refractivity contribution in [1.29, 1.82) is 0 Å². The van der Waals surface area contributed by atoms with Crippen molar-refractivity contribution in [2.24, 2.45) is 5.92 Å². The molecule has 0 radical (unpaired) electrons. The smallest absolute Gasteiger partial charge is 0.223 e. The Labute approximate surface area is 130 Å². The molecule has 5 heteroatoms. The summed E-state index contributed by atoms with van der Waals surface area (Å²) in [6.45, 7) is 2.68. The molecule has 0 saturated heterocycles. The summed E-state index contributed by atoms with van der Waals surface area (Å²) in [7, 11) is 0. The van der Waals surface area contributed by atoms with Gasteiger partial charge in [0.1, 0.15) is 0 Å². The molecule has 1 aliphatic rings. The van der Waals surface area contributed by atoms with Crippen LogP contribution in [-0.4, -0.2) is 27.0 Å². The number of aryl methyl sites for hydroxylation is 2. The summed E-state index contributed by atoms with van der Waals surface area (Å²) in [4.78, 5) is 16.4. The van der Waals surface area contributed by atoms with Crippen LogP contribution in [0.15, 0.2) is 30.6 Å². The van der Waals surface area contributed by atoms with Crippen molar-refractivity contribution in [1.82, 2.24) is 19.9 Å². The van der Waals surface area contributed by atoms with Gasteiger partial charge in [-0.25, -0.2) is 9.50 Å². The number of fused-ring (bicyclic) bond motifs is 1. The van der Waals surface area contributed by atoms with Gasteiger partial charge in [-0.1, -0.05) is 12.2 Å². The van der Waals surface area contributed by atoms with E-state index in [0.717, 1.165) is 55.6 Å². The Bertz CT molecular complexity index is 689. The Morgan fingerprint density at radius 2 is 2.36 bits per heavy atom. The van der Waals surface area contributed by atoms with Crippen LogP contribution in [0.2, 0.25) is 0 Å². The van der Waals surface area contributed by atoms with Crippen LogP contribution in [0.4, 0.5) is 0 Å². The molecule has 0 bridgehead atoms. The van der Waals surface area contributed by atoms with E-state index in [-0.39, 0.29) is 11.8 Å². The second kappa shape index (κ2) is 6.73. The van der Waals surface area contributed by atoms with Crippen molar-refractivity contribution in [2.45, 2.75) is 39.0 Å². The first kappa shape index (κ1) is 14.8. The quantitative estimate of drug-likeness (QED) is 0.681. The average Bonchev–Trinajstić information content (AvgIpc) is 2.91. The minimum absolute atomic E-state index is 0.162. The number of nitrogens with zero attached hydrogens (tertiary/aromatic N) is 3. The molecule has 1 amide bonds. The van der Waals surface area contributed by atoms with E-state index in [2.05, 4.69) is 27.6 Å². The van der Waals surface area contributed by atoms with Gasteiger partial charge in [0.25, 0.3) is 0 Å². The van der Waals surface area contributed by atoms with Gasteiger partial charge in [-0.2, -0.15) is 5.10 Å². The van der Waals surface area contributed by atoms with Gasteiger partial charge >= 0.3 is 0 Å². The van der Waals surface area contributed by atoms with Gasteiger partial charge in [-0.05, 0) is 44.6 Å². The van der Waals surface area contributed by atoms with Gasteiger partial charge in [0, 0.05) is 30.9 Å². The van der Waals surface area contributed by atoms with E-state index in [1.165, 1.54) is 0 Å². The highest BCUT2D eigenvalue weighted by Crippen LogP contribution is 2.17. The number of carbonyl (C=O) groups excluding carboxylic acids is 1. The SMILES string of the molecule is Cc1cc2ncc(CCCNC(=O)[C@H]3CC=CCC3)cn2n1. The lowest BCUT2D eigenvalue weighted by molar-refractivity contribution is -0.125. The van der Waals surface area contributed by atoms with Crippen molar-refractivity contribution in [3.05, 3.63) is 41.9 Å². The Morgan fingerprint density at radius 1 is 1.45 bits per heavy atom. The van der Waals surface area contributed by atoms with Crippen LogP contribution in [0.3, 0.4) is 0 Å². The van der Waals surface area contributed by atoms with E-state index in [0.29, 0.717) is 0 Å². The van der Waals surface area contributed by atoms with Crippen LogP contribution >= 0.6 is 0 Å². The van der Waals surface area contributed by atoms with Crippen LogP contribution in [-0.2, 0) is 11.2 Å². The highest BCUT2D eigenvalue weighted by molar-refractivity contribution is 5.78. The van der Waals surface area contributed by atoms with E-state index < -0.39 is 0 Å². The number of allylic oxidation sites excluding steroid dienone is 2. The van der Waals surface area contributed by atoms with Gasteiger partial charge in [0.15, 0.2) is 5.65 Å². The number of rotatable bonds is 5. The van der Waals surface area contributed by atoms with Gasteiger partial charge in [0.2, 0.25) is 5.91 Å². The number of amides is 1. The molecule has 0 aromatic carbocycles. The van der Waals surface area contributed by atoms with Crippen molar-refractivity contribution >= 4 is 11.6 Å².